The fraction of sp³-hybridized carbons (Fsp3) is 0.556. The number of hydrogen-bond donors (Lipinski definition) is 1. The summed E-state index contributed by atoms with van der Waals surface area (Å²) in [5.41, 5.74) is 0. The van der Waals surface area contributed by atoms with Gasteiger partial charge in [-0.25, -0.2) is 4.98 Å². The molecule has 3 nitrogen and oxygen atoms in total. The monoisotopic (exact) mass is 263 g/mol. The average Bonchev–Trinajstić information content (AvgIpc) is 2.88. The molecule has 0 saturated carbocycles. The third-order valence-electron chi connectivity index (χ3n) is 1.73. The van der Waals surface area contributed by atoms with Gasteiger partial charge in [0.1, 0.15) is 0 Å². The third-order valence-corrected chi connectivity index (χ3v) is 4.03. The van der Waals surface area contributed by atoms with Crippen LogP contribution in [0, 0.1) is 0 Å². The van der Waals surface area contributed by atoms with Crippen molar-refractivity contribution >= 4 is 39.9 Å². The predicted octanol–water partition coefficient (Wildman–Crippen LogP) is 3.19. The molecule has 0 spiro atoms. The minimum atomic E-state index is 0.327. The normalized spacial score (nSPS) is 22.1. The lowest BCUT2D eigenvalue weighted by Gasteiger charge is -2.04. The first kappa shape index (κ1) is 12.8. The summed E-state index contributed by atoms with van der Waals surface area (Å²) in [7, 11) is 1.79. The summed E-state index contributed by atoms with van der Waals surface area (Å²) in [4.78, 5) is 9.27. The fourth-order valence-corrected chi connectivity index (χ4v) is 3.16. The standard InChI is InChI=1S/C7H8ClN3S2.C2H6/c1-9-7-11-4(3-12-7)5-2-10-6(8)13-5;1-2/h2,4H,3H2,1H3,(H,9,11);1-2H3. The van der Waals surface area contributed by atoms with Crippen molar-refractivity contribution in [3.8, 4) is 0 Å². The van der Waals surface area contributed by atoms with Crippen molar-refractivity contribution in [1.82, 2.24) is 10.3 Å². The van der Waals surface area contributed by atoms with Crippen molar-refractivity contribution in [2.45, 2.75) is 19.9 Å². The molecule has 0 amide bonds. The number of hydrogen-bond acceptors (Lipinski definition) is 4. The second kappa shape index (κ2) is 6.35. The number of nitrogens with one attached hydrogen (secondary N) is 1. The van der Waals surface area contributed by atoms with E-state index in [9.17, 15) is 0 Å². The number of aromatic nitrogens is 1. The Balaban J connectivity index is 0.000000531. The Labute approximate surface area is 103 Å². The van der Waals surface area contributed by atoms with Gasteiger partial charge in [0.15, 0.2) is 9.63 Å². The summed E-state index contributed by atoms with van der Waals surface area (Å²) in [6.07, 6.45) is 1.82. The first-order valence-electron chi connectivity index (χ1n) is 4.77. The van der Waals surface area contributed by atoms with Gasteiger partial charge in [-0.15, -0.1) is 11.3 Å². The molecule has 2 rings (SSSR count). The van der Waals surface area contributed by atoms with E-state index in [0.29, 0.717) is 10.5 Å². The molecule has 0 aromatic carbocycles. The molecule has 1 unspecified atom stereocenters. The van der Waals surface area contributed by atoms with Gasteiger partial charge < -0.3 is 5.32 Å². The van der Waals surface area contributed by atoms with Crippen LogP contribution >= 0.6 is 34.7 Å². The highest BCUT2D eigenvalue weighted by Gasteiger charge is 2.22. The van der Waals surface area contributed by atoms with Crippen LogP contribution < -0.4 is 5.32 Å². The molecule has 6 heteroatoms. The van der Waals surface area contributed by atoms with E-state index >= 15 is 0 Å². The molecular formula is C9H14ClN3S2. The molecule has 84 valence electrons. The Hall–Kier alpha value is -0.260. The summed E-state index contributed by atoms with van der Waals surface area (Å²) in [5.74, 6) is 1.01. The lowest BCUT2D eigenvalue weighted by atomic mass is 10.3. The van der Waals surface area contributed by atoms with E-state index in [-0.39, 0.29) is 0 Å². The van der Waals surface area contributed by atoms with Crippen molar-refractivity contribution in [1.29, 1.82) is 0 Å². The molecule has 0 radical (unpaired) electrons. The van der Waals surface area contributed by atoms with Crippen LogP contribution in [-0.4, -0.2) is 23.0 Å². The molecule has 1 N–H and O–H groups in total. The Morgan fingerprint density at radius 2 is 2.33 bits per heavy atom. The van der Waals surface area contributed by atoms with Crippen LogP contribution in [0.1, 0.15) is 24.8 Å². The maximum atomic E-state index is 5.75. The third kappa shape index (κ3) is 3.36. The van der Waals surface area contributed by atoms with Gasteiger partial charge in [-0.3, -0.25) is 4.99 Å². The summed E-state index contributed by atoms with van der Waals surface area (Å²) in [5, 5.41) is 4.29. The number of thioether (sulfide) groups is 1. The minimum Gasteiger partial charge on any atom is -0.356 e. The van der Waals surface area contributed by atoms with Gasteiger partial charge in [0.05, 0.1) is 6.04 Å². The van der Waals surface area contributed by atoms with E-state index in [1.165, 1.54) is 16.2 Å². The molecule has 1 aromatic heterocycles. The maximum Gasteiger partial charge on any atom is 0.183 e. The molecular weight excluding hydrogens is 250 g/mol. The van der Waals surface area contributed by atoms with E-state index in [1.54, 1.807) is 18.8 Å². The molecule has 1 aromatic rings. The zero-order valence-corrected chi connectivity index (χ0v) is 11.3. The maximum absolute atomic E-state index is 5.75. The van der Waals surface area contributed by atoms with Gasteiger partial charge in [0.2, 0.25) is 0 Å². The molecule has 1 atom stereocenters. The lowest BCUT2D eigenvalue weighted by Crippen LogP contribution is -2.17. The van der Waals surface area contributed by atoms with Crippen molar-refractivity contribution in [2.24, 2.45) is 4.99 Å². The highest BCUT2D eigenvalue weighted by Crippen LogP contribution is 2.30. The van der Waals surface area contributed by atoms with Crippen molar-refractivity contribution in [2.75, 3.05) is 12.8 Å². The Morgan fingerprint density at radius 1 is 1.60 bits per heavy atom. The molecule has 2 heterocycles. The van der Waals surface area contributed by atoms with Crippen LogP contribution in [0.15, 0.2) is 11.2 Å². The fourth-order valence-electron chi connectivity index (χ4n) is 1.10. The molecule has 0 bridgehead atoms. The topological polar surface area (TPSA) is 37.3 Å². The largest absolute Gasteiger partial charge is 0.356 e. The molecule has 1 fully saturated rings. The van der Waals surface area contributed by atoms with Crippen LogP contribution in [0.2, 0.25) is 4.47 Å². The first-order valence-corrected chi connectivity index (χ1v) is 6.95. The number of amidine groups is 1. The zero-order valence-electron chi connectivity index (χ0n) is 8.95. The summed E-state index contributed by atoms with van der Waals surface area (Å²) >= 11 is 9.00. The van der Waals surface area contributed by atoms with Crippen LogP contribution in [0.5, 0.6) is 0 Å². The average molecular weight is 264 g/mol. The zero-order chi connectivity index (χ0) is 11.3. The Bertz CT molecular complexity index is 338. The van der Waals surface area contributed by atoms with Gasteiger partial charge in [-0.1, -0.05) is 37.2 Å². The lowest BCUT2D eigenvalue weighted by molar-refractivity contribution is 0.765. The van der Waals surface area contributed by atoms with Gasteiger partial charge in [-0.05, 0) is 0 Å². The van der Waals surface area contributed by atoms with Gasteiger partial charge >= 0.3 is 0 Å². The number of nitrogens with zero attached hydrogens (tertiary/aromatic N) is 2. The molecule has 15 heavy (non-hydrogen) atoms. The van der Waals surface area contributed by atoms with Crippen LogP contribution in [0.4, 0.5) is 0 Å². The van der Waals surface area contributed by atoms with Crippen molar-refractivity contribution in [3.05, 3.63) is 15.5 Å². The van der Waals surface area contributed by atoms with E-state index in [4.69, 9.17) is 11.6 Å². The smallest absolute Gasteiger partial charge is 0.183 e. The summed E-state index contributed by atoms with van der Waals surface area (Å²) in [6, 6.07) is 0.327. The van der Waals surface area contributed by atoms with Gasteiger partial charge in [0, 0.05) is 23.9 Å². The van der Waals surface area contributed by atoms with E-state index in [2.05, 4.69) is 15.3 Å². The molecule has 1 aliphatic heterocycles. The van der Waals surface area contributed by atoms with Crippen LogP contribution in [0.25, 0.3) is 0 Å². The quantitative estimate of drug-likeness (QED) is 0.846. The molecule has 0 aliphatic carbocycles. The molecule has 1 aliphatic rings. The van der Waals surface area contributed by atoms with Crippen molar-refractivity contribution < 1.29 is 0 Å². The summed E-state index contributed by atoms with van der Waals surface area (Å²) < 4.78 is 0.601. The first-order chi connectivity index (χ1) is 7.29. The van der Waals surface area contributed by atoms with Crippen LogP contribution in [0.3, 0.4) is 0 Å². The number of halogens is 1. The SMILES string of the molecule is CC.CN=C1NC(c2cnc(Cl)s2)CS1. The minimum absolute atomic E-state index is 0.327. The Kier molecular flexibility index (Phi) is 5.42. The highest BCUT2D eigenvalue weighted by molar-refractivity contribution is 8.14. The number of rotatable bonds is 1. The molecule has 1 saturated heterocycles. The van der Waals surface area contributed by atoms with Gasteiger partial charge in [0.25, 0.3) is 0 Å². The summed E-state index contributed by atoms with van der Waals surface area (Å²) in [6.45, 7) is 4.00. The number of thiazole rings is 1. The van der Waals surface area contributed by atoms with Crippen molar-refractivity contribution in [3.63, 3.8) is 0 Å². The number of aliphatic imine (C=N–C) groups is 1. The second-order valence-corrected chi connectivity index (χ2v) is 5.21. The van der Waals surface area contributed by atoms with E-state index < -0.39 is 0 Å². The van der Waals surface area contributed by atoms with Crippen LogP contribution in [-0.2, 0) is 0 Å². The highest BCUT2D eigenvalue weighted by atomic mass is 35.5. The van der Waals surface area contributed by atoms with E-state index in [0.717, 1.165) is 10.9 Å². The predicted molar refractivity (Wildman–Crippen MR) is 70.2 cm³/mol. The Morgan fingerprint density at radius 3 is 2.80 bits per heavy atom. The second-order valence-electron chi connectivity index (χ2n) is 2.55. The van der Waals surface area contributed by atoms with E-state index in [1.807, 2.05) is 20.0 Å². The van der Waals surface area contributed by atoms with Gasteiger partial charge in [-0.2, -0.15) is 0 Å².